The summed E-state index contributed by atoms with van der Waals surface area (Å²) >= 11 is 0. The molecule has 4 heteroatoms. The Morgan fingerprint density at radius 3 is 2.57 bits per heavy atom. The summed E-state index contributed by atoms with van der Waals surface area (Å²) in [5, 5.41) is 3.20. The second-order valence-corrected chi connectivity index (χ2v) is 6.69. The van der Waals surface area contributed by atoms with E-state index in [4.69, 9.17) is 9.47 Å². The van der Waals surface area contributed by atoms with Gasteiger partial charge in [-0.3, -0.25) is 4.79 Å². The van der Waals surface area contributed by atoms with Gasteiger partial charge in [0, 0.05) is 24.7 Å². The molecule has 0 amide bonds. The first-order valence-electron chi connectivity index (χ1n) is 8.80. The summed E-state index contributed by atoms with van der Waals surface area (Å²) in [5.74, 6) is 2.96. The molecular formula is C19H31NO3. The van der Waals surface area contributed by atoms with Crippen molar-refractivity contribution in [1.82, 2.24) is 5.32 Å². The Kier molecular flexibility index (Phi) is 6.70. The van der Waals surface area contributed by atoms with E-state index in [0.29, 0.717) is 18.1 Å². The van der Waals surface area contributed by atoms with Crippen LogP contribution in [0.15, 0.2) is 23.2 Å². The zero-order valence-corrected chi connectivity index (χ0v) is 15.0. The first-order valence-corrected chi connectivity index (χ1v) is 8.80. The van der Waals surface area contributed by atoms with E-state index in [1.165, 1.54) is 5.57 Å². The van der Waals surface area contributed by atoms with Crippen molar-refractivity contribution in [2.45, 2.75) is 45.4 Å². The minimum atomic E-state index is 0.126. The lowest BCUT2D eigenvalue weighted by atomic mass is 9.83. The number of methoxy groups -OCH3 is 2. The van der Waals surface area contributed by atoms with E-state index < -0.39 is 0 Å². The van der Waals surface area contributed by atoms with Crippen LogP contribution >= 0.6 is 0 Å². The van der Waals surface area contributed by atoms with E-state index in [9.17, 15) is 4.79 Å². The summed E-state index contributed by atoms with van der Waals surface area (Å²) in [6, 6.07) is 0. The van der Waals surface area contributed by atoms with E-state index in [2.05, 4.69) is 18.3 Å². The van der Waals surface area contributed by atoms with Gasteiger partial charge in [-0.15, -0.1) is 0 Å². The minimum Gasteiger partial charge on any atom is -0.498 e. The number of ether oxygens (including phenoxy) is 2. The molecule has 4 nitrogen and oxygen atoms in total. The molecule has 0 aliphatic heterocycles. The fraction of sp³-hybridized carbons (Fsp3) is 0.737. The quantitative estimate of drug-likeness (QED) is 0.696. The van der Waals surface area contributed by atoms with Gasteiger partial charge in [0.2, 0.25) is 0 Å². The normalized spacial score (nSPS) is 28.1. The van der Waals surface area contributed by atoms with Crippen LogP contribution in [0.4, 0.5) is 0 Å². The van der Waals surface area contributed by atoms with Crippen molar-refractivity contribution in [2.75, 3.05) is 27.8 Å². The number of Topliss-reactive ketones (excluding diaryl/α,β-unsaturated/α-hetero) is 1. The number of hydrogen-bond acceptors (Lipinski definition) is 4. The van der Waals surface area contributed by atoms with Gasteiger partial charge < -0.3 is 14.8 Å². The van der Waals surface area contributed by atoms with Crippen molar-refractivity contribution in [3.63, 3.8) is 0 Å². The molecular weight excluding hydrogens is 290 g/mol. The Morgan fingerprint density at radius 2 is 1.96 bits per heavy atom. The lowest BCUT2D eigenvalue weighted by Crippen LogP contribution is -2.23. The van der Waals surface area contributed by atoms with Gasteiger partial charge in [0.05, 0.1) is 14.2 Å². The molecule has 0 aromatic carbocycles. The summed E-state index contributed by atoms with van der Waals surface area (Å²) in [6.07, 6.45) is 7.84. The molecule has 2 aliphatic rings. The summed E-state index contributed by atoms with van der Waals surface area (Å²) in [6.45, 7) is 3.14. The topological polar surface area (TPSA) is 47.6 Å². The molecule has 1 N–H and O–H groups in total. The Morgan fingerprint density at radius 1 is 1.26 bits per heavy atom. The van der Waals surface area contributed by atoms with Crippen molar-refractivity contribution in [3.8, 4) is 0 Å². The Hall–Kier alpha value is -1.29. The first kappa shape index (κ1) is 18.1. The molecule has 0 spiro atoms. The number of hydrogen-bond donors (Lipinski definition) is 1. The van der Waals surface area contributed by atoms with E-state index in [1.807, 2.05) is 7.05 Å². The molecule has 2 rings (SSSR count). The highest BCUT2D eigenvalue weighted by atomic mass is 16.5. The smallest absolute Gasteiger partial charge is 0.140 e. The number of allylic oxidation sites excluding steroid dienone is 3. The second-order valence-electron chi connectivity index (χ2n) is 6.69. The zero-order valence-electron chi connectivity index (χ0n) is 15.0. The van der Waals surface area contributed by atoms with Crippen LogP contribution < -0.4 is 5.32 Å². The molecule has 0 radical (unpaired) electrons. The first-order chi connectivity index (χ1) is 11.1. The van der Waals surface area contributed by atoms with Crippen LogP contribution in [-0.4, -0.2) is 33.6 Å². The van der Waals surface area contributed by atoms with Crippen molar-refractivity contribution < 1.29 is 14.3 Å². The maximum Gasteiger partial charge on any atom is 0.140 e. The Bertz CT molecular complexity index is 481. The highest BCUT2D eigenvalue weighted by molar-refractivity contribution is 5.86. The summed E-state index contributed by atoms with van der Waals surface area (Å²) < 4.78 is 10.9. The molecule has 130 valence electrons. The summed E-state index contributed by atoms with van der Waals surface area (Å²) in [4.78, 5) is 12.8. The van der Waals surface area contributed by atoms with E-state index >= 15 is 0 Å². The van der Waals surface area contributed by atoms with Gasteiger partial charge in [0.15, 0.2) is 0 Å². The molecule has 1 fully saturated rings. The lowest BCUT2D eigenvalue weighted by Gasteiger charge is -2.27. The van der Waals surface area contributed by atoms with Crippen LogP contribution in [-0.2, 0) is 14.3 Å². The second kappa shape index (κ2) is 8.53. The molecule has 0 aromatic rings. The van der Waals surface area contributed by atoms with Crippen molar-refractivity contribution in [3.05, 3.63) is 23.2 Å². The van der Waals surface area contributed by atoms with Crippen LogP contribution in [0.2, 0.25) is 0 Å². The maximum atomic E-state index is 12.8. The van der Waals surface area contributed by atoms with Crippen molar-refractivity contribution in [1.29, 1.82) is 0 Å². The van der Waals surface area contributed by atoms with Crippen molar-refractivity contribution in [2.24, 2.45) is 17.8 Å². The summed E-state index contributed by atoms with van der Waals surface area (Å²) in [7, 11) is 5.34. The van der Waals surface area contributed by atoms with E-state index in [1.54, 1.807) is 14.2 Å². The highest BCUT2D eigenvalue weighted by Gasteiger charge is 2.45. The maximum absolute atomic E-state index is 12.8. The summed E-state index contributed by atoms with van der Waals surface area (Å²) in [5.41, 5.74) is 1.42. The van der Waals surface area contributed by atoms with E-state index in [0.717, 1.165) is 50.2 Å². The Balaban J connectivity index is 2.04. The number of nitrogens with one attached hydrogen (secondary N) is 1. The van der Waals surface area contributed by atoms with Crippen LogP contribution in [0.5, 0.6) is 0 Å². The molecule has 0 bridgehead atoms. The SMILES string of the molecule is CC/C=C(\CCNC)CC1CC2CC(OC)=C(OC)CC2C1=O. The molecule has 0 heterocycles. The predicted molar refractivity (Wildman–Crippen MR) is 91.9 cm³/mol. The van der Waals surface area contributed by atoms with Crippen LogP contribution in [0.25, 0.3) is 0 Å². The monoisotopic (exact) mass is 321 g/mol. The van der Waals surface area contributed by atoms with Gasteiger partial charge in [0.1, 0.15) is 17.3 Å². The third-order valence-electron chi connectivity index (χ3n) is 5.28. The third kappa shape index (κ3) is 4.17. The number of rotatable bonds is 8. The van der Waals surface area contributed by atoms with Crippen LogP contribution in [0.3, 0.4) is 0 Å². The van der Waals surface area contributed by atoms with Crippen LogP contribution in [0.1, 0.15) is 45.4 Å². The minimum absolute atomic E-state index is 0.126. The number of fused-ring (bicyclic) bond motifs is 1. The average molecular weight is 321 g/mol. The predicted octanol–water partition coefficient (Wildman–Crippen LogP) is 3.44. The van der Waals surface area contributed by atoms with Crippen molar-refractivity contribution >= 4 is 5.78 Å². The van der Waals surface area contributed by atoms with Gasteiger partial charge >= 0.3 is 0 Å². The molecule has 0 aromatic heterocycles. The molecule has 3 atom stereocenters. The average Bonchev–Trinajstić information content (AvgIpc) is 2.86. The third-order valence-corrected chi connectivity index (χ3v) is 5.28. The fourth-order valence-electron chi connectivity index (χ4n) is 4.10. The Labute approximate surface area is 140 Å². The fourth-order valence-corrected chi connectivity index (χ4v) is 4.10. The lowest BCUT2D eigenvalue weighted by molar-refractivity contribution is -0.124. The van der Waals surface area contributed by atoms with Gasteiger partial charge in [-0.25, -0.2) is 0 Å². The van der Waals surface area contributed by atoms with Gasteiger partial charge in [-0.05, 0) is 45.2 Å². The molecule has 3 unspecified atom stereocenters. The number of carbonyl (C=O) groups excluding carboxylic acids is 1. The van der Waals surface area contributed by atoms with Gasteiger partial charge in [-0.2, -0.15) is 0 Å². The molecule has 23 heavy (non-hydrogen) atoms. The molecule has 1 saturated carbocycles. The van der Waals surface area contributed by atoms with Crippen LogP contribution in [0, 0.1) is 17.8 Å². The molecule has 2 aliphatic carbocycles. The standard InChI is InChI=1S/C19H31NO3/c1-5-6-13(7-8-20-2)9-15-10-14-11-17(22-3)18(23-4)12-16(14)19(15)21/h6,14-16,20H,5,7-12H2,1-4H3/b13-6+. The largest absolute Gasteiger partial charge is 0.498 e. The van der Waals surface area contributed by atoms with E-state index in [-0.39, 0.29) is 11.8 Å². The van der Waals surface area contributed by atoms with Gasteiger partial charge in [0.25, 0.3) is 0 Å². The number of carbonyl (C=O) groups is 1. The zero-order chi connectivity index (χ0) is 16.8. The molecule has 0 saturated heterocycles. The highest BCUT2D eigenvalue weighted by Crippen LogP contribution is 2.46. The van der Waals surface area contributed by atoms with Gasteiger partial charge in [-0.1, -0.05) is 18.6 Å². The number of ketones is 1.